The van der Waals surface area contributed by atoms with Crippen molar-refractivity contribution in [2.75, 3.05) is 0 Å². The number of hydrogen-bond acceptors (Lipinski definition) is 3. The zero-order valence-corrected chi connectivity index (χ0v) is 14.8. The summed E-state index contributed by atoms with van der Waals surface area (Å²) < 4.78 is 1.58. The summed E-state index contributed by atoms with van der Waals surface area (Å²) in [5.74, 6) is 0. The minimum absolute atomic E-state index is 0.246. The maximum atomic E-state index is 12.4. The van der Waals surface area contributed by atoms with Crippen molar-refractivity contribution in [3.63, 3.8) is 0 Å². The highest BCUT2D eigenvalue weighted by Gasteiger charge is 2.14. The van der Waals surface area contributed by atoms with Gasteiger partial charge < -0.3 is 0 Å². The molecular weight excluding hydrogens is 348 g/mol. The molecule has 0 radical (unpaired) electrons. The van der Waals surface area contributed by atoms with E-state index in [9.17, 15) is 4.79 Å². The number of aromatic amines is 1. The predicted molar refractivity (Wildman–Crippen MR) is 112 cm³/mol. The van der Waals surface area contributed by atoms with Crippen LogP contribution in [0, 0.1) is 0 Å². The summed E-state index contributed by atoms with van der Waals surface area (Å²) in [6, 6.07) is 22.6. The molecule has 0 aliphatic carbocycles. The van der Waals surface area contributed by atoms with Gasteiger partial charge in [0.2, 0.25) is 0 Å². The first-order chi connectivity index (χ1) is 13.8. The van der Waals surface area contributed by atoms with E-state index in [1.165, 1.54) is 0 Å². The van der Waals surface area contributed by atoms with Gasteiger partial charge in [-0.05, 0) is 46.0 Å². The van der Waals surface area contributed by atoms with Gasteiger partial charge in [-0.3, -0.25) is 4.98 Å². The molecule has 0 aliphatic rings. The van der Waals surface area contributed by atoms with Crippen LogP contribution in [0.3, 0.4) is 0 Å². The number of H-pyrrole nitrogens is 1. The van der Waals surface area contributed by atoms with Crippen molar-refractivity contribution in [2.45, 2.75) is 0 Å². The first kappa shape index (κ1) is 15.1. The highest BCUT2D eigenvalue weighted by molar-refractivity contribution is 6.12. The van der Waals surface area contributed by atoms with Crippen molar-refractivity contribution in [2.24, 2.45) is 0 Å². The third-order valence-electron chi connectivity index (χ3n) is 5.32. The van der Waals surface area contributed by atoms with Crippen LogP contribution in [0.15, 0.2) is 83.9 Å². The molecule has 28 heavy (non-hydrogen) atoms. The fourth-order valence-corrected chi connectivity index (χ4v) is 4.01. The Morgan fingerprint density at radius 3 is 2.46 bits per heavy atom. The van der Waals surface area contributed by atoms with E-state index in [0.29, 0.717) is 5.65 Å². The van der Waals surface area contributed by atoms with E-state index in [-0.39, 0.29) is 5.69 Å². The molecule has 3 heterocycles. The van der Waals surface area contributed by atoms with Gasteiger partial charge in [0.25, 0.3) is 0 Å². The smallest absolute Gasteiger partial charge is 0.256 e. The van der Waals surface area contributed by atoms with Crippen LogP contribution >= 0.6 is 0 Å². The Balaban J connectivity index is 1.86. The van der Waals surface area contributed by atoms with Crippen molar-refractivity contribution in [1.29, 1.82) is 0 Å². The summed E-state index contributed by atoms with van der Waals surface area (Å²) in [6.07, 6.45) is 3.67. The highest BCUT2D eigenvalue weighted by Crippen LogP contribution is 2.36. The average Bonchev–Trinajstić information content (AvgIpc) is 3.12. The third kappa shape index (κ3) is 2.04. The number of hydrogen-bond donors (Lipinski definition) is 1. The molecule has 5 heteroatoms. The van der Waals surface area contributed by atoms with E-state index in [1.807, 2.05) is 36.5 Å². The highest BCUT2D eigenvalue weighted by atomic mass is 16.1. The van der Waals surface area contributed by atoms with Gasteiger partial charge in [0.1, 0.15) is 0 Å². The topological polar surface area (TPSA) is 63.0 Å². The van der Waals surface area contributed by atoms with Crippen LogP contribution in [0.25, 0.3) is 49.2 Å². The third-order valence-corrected chi connectivity index (χ3v) is 5.32. The van der Waals surface area contributed by atoms with Gasteiger partial charge in [-0.15, -0.1) is 0 Å². The minimum atomic E-state index is -0.246. The Bertz CT molecular complexity index is 1590. The Hall–Kier alpha value is -3.99. The van der Waals surface area contributed by atoms with Crippen LogP contribution < -0.4 is 5.69 Å². The lowest BCUT2D eigenvalue weighted by Crippen LogP contribution is -2.09. The lowest BCUT2D eigenvalue weighted by Gasteiger charge is -2.12. The standard InChI is InChI=1S/C23H14N4O/c28-23-26-25-22-19-12-15-6-2-1-5-14(15)11-18(19)20(13-27(22)23)16-7-3-9-21-17(16)8-4-10-24-21/h1-13H,(H,26,28). The van der Waals surface area contributed by atoms with Gasteiger partial charge in [0.05, 0.1) is 5.52 Å². The van der Waals surface area contributed by atoms with E-state index in [4.69, 9.17) is 0 Å². The van der Waals surface area contributed by atoms with Gasteiger partial charge in [0, 0.05) is 28.7 Å². The number of benzene rings is 3. The number of fused-ring (bicyclic) bond motifs is 5. The molecule has 1 N–H and O–H groups in total. The molecule has 3 aromatic carbocycles. The van der Waals surface area contributed by atoms with Crippen LogP contribution in [0.4, 0.5) is 0 Å². The fraction of sp³-hybridized carbons (Fsp3) is 0. The van der Waals surface area contributed by atoms with E-state index >= 15 is 0 Å². The second-order valence-corrected chi connectivity index (χ2v) is 6.89. The molecule has 0 bridgehead atoms. The summed E-state index contributed by atoms with van der Waals surface area (Å²) in [5.41, 5.74) is 3.34. The maximum absolute atomic E-state index is 12.4. The lowest BCUT2D eigenvalue weighted by molar-refractivity contribution is 1.02. The molecule has 0 saturated heterocycles. The van der Waals surface area contributed by atoms with Crippen LogP contribution in [-0.2, 0) is 0 Å². The largest absolute Gasteiger partial charge is 0.347 e. The van der Waals surface area contributed by atoms with Crippen molar-refractivity contribution in [3.8, 4) is 11.1 Å². The van der Waals surface area contributed by atoms with E-state index < -0.39 is 0 Å². The van der Waals surface area contributed by atoms with E-state index in [0.717, 1.165) is 43.6 Å². The number of nitrogens with zero attached hydrogens (tertiary/aromatic N) is 3. The molecule has 0 atom stereocenters. The Morgan fingerprint density at radius 1 is 0.786 bits per heavy atom. The first-order valence-corrected chi connectivity index (χ1v) is 9.06. The van der Waals surface area contributed by atoms with Crippen molar-refractivity contribution in [3.05, 3.63) is 89.6 Å². The molecule has 132 valence electrons. The Labute approximate surface area is 158 Å². The molecular formula is C23H14N4O. The van der Waals surface area contributed by atoms with Crippen LogP contribution in [0.1, 0.15) is 0 Å². The summed E-state index contributed by atoms with van der Waals surface area (Å²) in [4.78, 5) is 16.8. The molecule has 0 aliphatic heterocycles. The molecule has 0 fully saturated rings. The normalized spacial score (nSPS) is 11.7. The zero-order chi connectivity index (χ0) is 18.7. The molecule has 0 amide bonds. The molecule has 0 spiro atoms. The number of pyridine rings is 2. The molecule has 0 unspecified atom stereocenters. The van der Waals surface area contributed by atoms with Crippen LogP contribution in [-0.4, -0.2) is 19.6 Å². The minimum Gasteiger partial charge on any atom is -0.256 e. The second kappa shape index (κ2) is 5.50. The SMILES string of the molecule is O=c1[nH]nc2c3cc4ccccc4cc3c(-c3cccc4ncccc34)cn12. The van der Waals surface area contributed by atoms with Gasteiger partial charge >= 0.3 is 5.69 Å². The van der Waals surface area contributed by atoms with E-state index in [2.05, 4.69) is 51.6 Å². The van der Waals surface area contributed by atoms with Gasteiger partial charge in [-0.1, -0.05) is 42.5 Å². The molecule has 6 rings (SSSR count). The summed E-state index contributed by atoms with van der Waals surface area (Å²) in [6.45, 7) is 0. The van der Waals surface area contributed by atoms with Crippen molar-refractivity contribution < 1.29 is 0 Å². The summed E-state index contributed by atoms with van der Waals surface area (Å²) >= 11 is 0. The van der Waals surface area contributed by atoms with Crippen molar-refractivity contribution in [1.82, 2.24) is 19.6 Å². The monoisotopic (exact) mass is 362 g/mol. The molecule has 6 aromatic rings. The number of nitrogens with one attached hydrogen (secondary N) is 1. The van der Waals surface area contributed by atoms with Crippen LogP contribution in [0.2, 0.25) is 0 Å². The number of rotatable bonds is 1. The maximum Gasteiger partial charge on any atom is 0.347 e. The predicted octanol–water partition coefficient (Wildman–Crippen LogP) is 4.54. The Morgan fingerprint density at radius 2 is 1.61 bits per heavy atom. The molecule has 5 nitrogen and oxygen atoms in total. The fourth-order valence-electron chi connectivity index (χ4n) is 4.01. The average molecular weight is 362 g/mol. The van der Waals surface area contributed by atoms with Gasteiger partial charge in [0.15, 0.2) is 5.65 Å². The Kier molecular flexibility index (Phi) is 2.97. The molecule has 0 saturated carbocycles. The van der Waals surface area contributed by atoms with Crippen molar-refractivity contribution >= 4 is 38.1 Å². The second-order valence-electron chi connectivity index (χ2n) is 6.89. The summed E-state index contributed by atoms with van der Waals surface area (Å²) in [5, 5.41) is 12.2. The van der Waals surface area contributed by atoms with Gasteiger partial charge in [-0.2, -0.15) is 5.10 Å². The lowest BCUT2D eigenvalue weighted by atomic mass is 9.95. The number of aromatic nitrogens is 4. The quantitative estimate of drug-likeness (QED) is 0.437. The van der Waals surface area contributed by atoms with Crippen LogP contribution in [0.5, 0.6) is 0 Å². The van der Waals surface area contributed by atoms with E-state index in [1.54, 1.807) is 10.6 Å². The summed E-state index contributed by atoms with van der Waals surface area (Å²) in [7, 11) is 0. The first-order valence-electron chi connectivity index (χ1n) is 9.06. The van der Waals surface area contributed by atoms with Gasteiger partial charge in [-0.25, -0.2) is 14.3 Å². The molecule has 3 aromatic heterocycles. The zero-order valence-electron chi connectivity index (χ0n) is 14.8.